The van der Waals surface area contributed by atoms with Crippen LogP contribution >= 0.6 is 0 Å². The monoisotopic (exact) mass is 224 g/mol. The molecular weight excluding hydrogens is 208 g/mol. The van der Waals surface area contributed by atoms with E-state index in [1.807, 2.05) is 36.4 Å². The van der Waals surface area contributed by atoms with E-state index >= 15 is 0 Å². The molecule has 2 N–H and O–H groups in total. The molecule has 1 aromatic carbocycles. The second-order valence-electron chi connectivity index (χ2n) is 3.15. The van der Waals surface area contributed by atoms with Crippen molar-refractivity contribution in [1.82, 2.24) is 0 Å². The van der Waals surface area contributed by atoms with E-state index < -0.39 is 11.9 Å². The van der Waals surface area contributed by atoms with Crippen molar-refractivity contribution in [3.8, 4) is 0 Å². The van der Waals surface area contributed by atoms with Gasteiger partial charge in [0.05, 0.1) is 0 Å². The first-order chi connectivity index (χ1) is 7.63. The van der Waals surface area contributed by atoms with Gasteiger partial charge in [0, 0.05) is 12.8 Å². The molecule has 0 heterocycles. The van der Waals surface area contributed by atoms with Gasteiger partial charge in [-0.1, -0.05) is 36.4 Å². The Labute approximate surface area is 94.5 Å². The zero-order valence-corrected chi connectivity index (χ0v) is 9.00. The molecule has 0 aliphatic heterocycles. The number of carboxylic acids is 2. The molecule has 88 valence electrons. The standard InChI is InChI=1S/C6H10O4.C6H6/c7-5(8)3-1-2-4-6(9)10;1-2-4-6-5-3-1/h1-4H2,(H,7,8)(H,9,10);1-6H. The molecule has 0 saturated carbocycles. The minimum absolute atomic E-state index is 0.0628. The molecule has 0 aliphatic carbocycles. The summed E-state index contributed by atoms with van der Waals surface area (Å²) in [6.45, 7) is 0. The van der Waals surface area contributed by atoms with Gasteiger partial charge in [-0.25, -0.2) is 0 Å². The third kappa shape index (κ3) is 12.2. The Morgan fingerprint density at radius 3 is 1.12 bits per heavy atom. The molecule has 0 radical (unpaired) electrons. The fourth-order valence-electron chi connectivity index (χ4n) is 0.937. The summed E-state index contributed by atoms with van der Waals surface area (Å²) in [5, 5.41) is 16.3. The first kappa shape index (κ1) is 14.2. The van der Waals surface area contributed by atoms with Gasteiger partial charge in [-0.15, -0.1) is 0 Å². The number of benzene rings is 1. The van der Waals surface area contributed by atoms with Crippen molar-refractivity contribution in [2.24, 2.45) is 0 Å². The van der Waals surface area contributed by atoms with Crippen LogP contribution in [0.2, 0.25) is 0 Å². The molecule has 0 unspecified atom stereocenters. The van der Waals surface area contributed by atoms with E-state index in [0.29, 0.717) is 12.8 Å². The van der Waals surface area contributed by atoms with Crippen LogP contribution in [0.25, 0.3) is 0 Å². The highest BCUT2D eigenvalue weighted by molar-refractivity contribution is 5.67. The van der Waals surface area contributed by atoms with E-state index in [0.717, 1.165) is 0 Å². The maximum absolute atomic E-state index is 9.90. The minimum atomic E-state index is -0.870. The van der Waals surface area contributed by atoms with Crippen molar-refractivity contribution in [2.75, 3.05) is 0 Å². The van der Waals surface area contributed by atoms with Crippen LogP contribution in [0.4, 0.5) is 0 Å². The highest BCUT2D eigenvalue weighted by Gasteiger charge is 1.99. The summed E-state index contributed by atoms with van der Waals surface area (Å²) in [6, 6.07) is 12.0. The van der Waals surface area contributed by atoms with Gasteiger partial charge in [0.25, 0.3) is 0 Å². The van der Waals surface area contributed by atoms with E-state index in [-0.39, 0.29) is 12.8 Å². The maximum atomic E-state index is 9.90. The van der Waals surface area contributed by atoms with E-state index in [1.54, 1.807) is 0 Å². The van der Waals surface area contributed by atoms with Crippen molar-refractivity contribution in [3.63, 3.8) is 0 Å². The van der Waals surface area contributed by atoms with Gasteiger partial charge in [-0.2, -0.15) is 0 Å². The quantitative estimate of drug-likeness (QED) is 0.753. The van der Waals surface area contributed by atoms with Crippen LogP contribution in [0, 0.1) is 0 Å². The molecule has 0 bridgehead atoms. The van der Waals surface area contributed by atoms with Crippen LogP contribution in [0.15, 0.2) is 36.4 Å². The van der Waals surface area contributed by atoms with Crippen LogP contribution in [0.1, 0.15) is 25.7 Å². The first-order valence-corrected chi connectivity index (χ1v) is 5.06. The van der Waals surface area contributed by atoms with Gasteiger partial charge in [0.1, 0.15) is 0 Å². The normalized spacial score (nSPS) is 8.75. The van der Waals surface area contributed by atoms with E-state index in [9.17, 15) is 9.59 Å². The summed E-state index contributed by atoms with van der Waals surface area (Å²) in [4.78, 5) is 19.8. The number of hydrogen-bond acceptors (Lipinski definition) is 2. The SMILES string of the molecule is O=C(O)CCCCC(=O)O.c1ccccc1. The van der Waals surface area contributed by atoms with Crippen LogP contribution in [0.3, 0.4) is 0 Å². The Balaban J connectivity index is 0.000000315. The summed E-state index contributed by atoms with van der Waals surface area (Å²) in [7, 11) is 0. The average molecular weight is 224 g/mol. The summed E-state index contributed by atoms with van der Waals surface area (Å²) >= 11 is 0. The summed E-state index contributed by atoms with van der Waals surface area (Å²) in [5.74, 6) is -1.74. The minimum Gasteiger partial charge on any atom is -0.481 e. The lowest BCUT2D eigenvalue weighted by Crippen LogP contribution is -1.97. The fraction of sp³-hybridized carbons (Fsp3) is 0.333. The van der Waals surface area contributed by atoms with Gasteiger partial charge in [-0.3, -0.25) is 9.59 Å². The number of aliphatic carboxylic acids is 2. The van der Waals surface area contributed by atoms with E-state index in [1.165, 1.54) is 0 Å². The smallest absolute Gasteiger partial charge is 0.303 e. The highest BCUT2D eigenvalue weighted by Crippen LogP contribution is 1.98. The van der Waals surface area contributed by atoms with Gasteiger partial charge in [0.15, 0.2) is 0 Å². The fourth-order valence-corrected chi connectivity index (χ4v) is 0.937. The van der Waals surface area contributed by atoms with Crippen molar-refractivity contribution >= 4 is 11.9 Å². The Morgan fingerprint density at radius 2 is 0.938 bits per heavy atom. The summed E-state index contributed by atoms with van der Waals surface area (Å²) in [6.07, 6.45) is 1.02. The Bertz CT molecular complexity index is 252. The predicted octanol–water partition coefficient (Wildman–Crippen LogP) is 2.40. The number of carboxylic acid groups (broad SMARTS) is 2. The molecule has 16 heavy (non-hydrogen) atoms. The molecule has 4 nitrogen and oxygen atoms in total. The molecule has 0 amide bonds. The molecule has 0 aromatic heterocycles. The van der Waals surface area contributed by atoms with Gasteiger partial charge < -0.3 is 10.2 Å². The Morgan fingerprint density at radius 1 is 0.688 bits per heavy atom. The van der Waals surface area contributed by atoms with Gasteiger partial charge in [0.2, 0.25) is 0 Å². The maximum Gasteiger partial charge on any atom is 0.303 e. The molecule has 0 spiro atoms. The van der Waals surface area contributed by atoms with E-state index in [2.05, 4.69) is 0 Å². The van der Waals surface area contributed by atoms with Crippen molar-refractivity contribution in [3.05, 3.63) is 36.4 Å². The van der Waals surface area contributed by atoms with Crippen molar-refractivity contribution in [1.29, 1.82) is 0 Å². The lowest BCUT2D eigenvalue weighted by Gasteiger charge is -1.92. The second-order valence-corrected chi connectivity index (χ2v) is 3.15. The summed E-state index contributed by atoms with van der Waals surface area (Å²) in [5.41, 5.74) is 0. The average Bonchev–Trinajstić information content (AvgIpc) is 2.27. The number of rotatable bonds is 5. The molecule has 0 fully saturated rings. The van der Waals surface area contributed by atoms with Crippen LogP contribution in [-0.2, 0) is 9.59 Å². The first-order valence-electron chi connectivity index (χ1n) is 5.06. The Kier molecular flexibility index (Phi) is 8.59. The number of unbranched alkanes of at least 4 members (excludes halogenated alkanes) is 1. The molecule has 0 aliphatic rings. The lowest BCUT2D eigenvalue weighted by atomic mass is 10.2. The third-order valence-electron chi connectivity index (χ3n) is 1.70. The van der Waals surface area contributed by atoms with Crippen LogP contribution < -0.4 is 0 Å². The molecule has 4 heteroatoms. The molecular formula is C12H16O4. The van der Waals surface area contributed by atoms with Gasteiger partial charge in [-0.05, 0) is 12.8 Å². The largest absolute Gasteiger partial charge is 0.481 e. The lowest BCUT2D eigenvalue weighted by molar-refractivity contribution is -0.139. The van der Waals surface area contributed by atoms with E-state index in [4.69, 9.17) is 10.2 Å². The highest BCUT2D eigenvalue weighted by atomic mass is 16.4. The zero-order valence-electron chi connectivity index (χ0n) is 9.00. The zero-order chi connectivity index (χ0) is 12.2. The molecule has 1 aromatic rings. The summed E-state index contributed by atoms with van der Waals surface area (Å²) < 4.78 is 0. The van der Waals surface area contributed by atoms with Gasteiger partial charge >= 0.3 is 11.9 Å². The Hall–Kier alpha value is -1.84. The predicted molar refractivity (Wildman–Crippen MR) is 60.2 cm³/mol. The topological polar surface area (TPSA) is 74.6 Å². The molecule has 1 rings (SSSR count). The third-order valence-corrected chi connectivity index (χ3v) is 1.70. The van der Waals surface area contributed by atoms with Crippen LogP contribution in [0.5, 0.6) is 0 Å². The second kappa shape index (κ2) is 9.71. The number of carbonyl (C=O) groups is 2. The molecule has 0 atom stereocenters. The van der Waals surface area contributed by atoms with Crippen molar-refractivity contribution in [2.45, 2.75) is 25.7 Å². The molecule has 0 saturated heterocycles. The van der Waals surface area contributed by atoms with Crippen LogP contribution in [-0.4, -0.2) is 22.2 Å². The van der Waals surface area contributed by atoms with Crippen molar-refractivity contribution < 1.29 is 19.8 Å². The number of hydrogen-bond donors (Lipinski definition) is 2.